The lowest BCUT2D eigenvalue weighted by Gasteiger charge is -2.40. The third kappa shape index (κ3) is 3.71. The van der Waals surface area contributed by atoms with E-state index >= 15 is 0 Å². The fourth-order valence-corrected chi connectivity index (χ4v) is 3.49. The molecule has 0 aliphatic carbocycles. The summed E-state index contributed by atoms with van der Waals surface area (Å²) in [4.78, 5) is 26.6. The highest BCUT2D eigenvalue weighted by Crippen LogP contribution is 2.27. The molecule has 1 aliphatic heterocycles. The van der Waals surface area contributed by atoms with Gasteiger partial charge in [0.15, 0.2) is 0 Å². The molecule has 0 spiro atoms. The summed E-state index contributed by atoms with van der Waals surface area (Å²) in [6.07, 6.45) is 3.40. The normalized spacial score (nSPS) is 21.2. The monoisotopic (exact) mass is 409 g/mol. The summed E-state index contributed by atoms with van der Waals surface area (Å²) in [5, 5.41) is 15.4. The minimum atomic E-state index is -1.14. The third-order valence-electron chi connectivity index (χ3n) is 5.00. The van der Waals surface area contributed by atoms with Gasteiger partial charge >= 0.3 is 0 Å². The number of halogens is 1. The lowest BCUT2D eigenvalue weighted by atomic mass is 9.97. The van der Waals surface area contributed by atoms with Gasteiger partial charge in [0.2, 0.25) is 11.7 Å². The summed E-state index contributed by atoms with van der Waals surface area (Å²) in [7, 11) is 1.65. The molecule has 4 rings (SSSR count). The molecule has 3 atom stereocenters. The average Bonchev–Trinajstić information content (AvgIpc) is 3.34. The number of carbonyl (C=O) groups excluding carboxylic acids is 1. The van der Waals surface area contributed by atoms with E-state index in [1.807, 2.05) is 6.92 Å². The predicted octanol–water partition coefficient (Wildman–Crippen LogP) is 0.807. The van der Waals surface area contributed by atoms with Gasteiger partial charge in [0.25, 0.3) is 0 Å². The van der Waals surface area contributed by atoms with Crippen molar-refractivity contribution in [3.8, 4) is 11.8 Å². The molecule has 30 heavy (non-hydrogen) atoms. The fourth-order valence-electron chi connectivity index (χ4n) is 3.49. The number of piperidine rings is 1. The van der Waals surface area contributed by atoms with Gasteiger partial charge in [-0.3, -0.25) is 4.79 Å². The number of nitrogens with zero attached hydrogens (tertiary/aromatic N) is 7. The maximum absolute atomic E-state index is 14.8. The Morgan fingerprint density at radius 2 is 2.27 bits per heavy atom. The number of hydrogen-bond acceptors (Lipinski definition) is 7. The second kappa shape index (κ2) is 7.90. The van der Waals surface area contributed by atoms with Gasteiger partial charge in [-0.1, -0.05) is 17.6 Å². The number of nitrogens with one attached hydrogen (secondary N) is 2. The molecule has 0 radical (unpaired) electrons. The number of anilines is 1. The number of aromatic amines is 1. The Morgan fingerprint density at radius 3 is 3.00 bits per heavy atom. The van der Waals surface area contributed by atoms with Gasteiger partial charge in [-0.2, -0.15) is 4.80 Å². The summed E-state index contributed by atoms with van der Waals surface area (Å²) in [5.41, 5.74) is 1.17. The van der Waals surface area contributed by atoms with E-state index in [0.29, 0.717) is 22.4 Å². The highest BCUT2D eigenvalue weighted by Gasteiger charge is 2.35. The minimum Gasteiger partial charge on any atom is -0.362 e. The summed E-state index contributed by atoms with van der Waals surface area (Å²) < 4.78 is 14.8. The van der Waals surface area contributed by atoms with Crippen LogP contribution in [0.15, 0.2) is 25.2 Å². The van der Waals surface area contributed by atoms with Gasteiger partial charge < -0.3 is 15.2 Å². The molecule has 0 saturated carbocycles. The van der Waals surface area contributed by atoms with Crippen molar-refractivity contribution in [2.45, 2.75) is 31.6 Å². The molecule has 4 heterocycles. The van der Waals surface area contributed by atoms with Crippen LogP contribution in [0.2, 0.25) is 0 Å². The number of amides is 1. The van der Waals surface area contributed by atoms with E-state index < -0.39 is 12.2 Å². The Bertz CT molecular complexity index is 1160. The summed E-state index contributed by atoms with van der Waals surface area (Å²) in [6.45, 7) is 5.56. The molecule has 3 aromatic rings. The first-order valence-electron chi connectivity index (χ1n) is 9.38. The van der Waals surface area contributed by atoms with Gasteiger partial charge in [-0.05, 0) is 24.1 Å². The highest BCUT2D eigenvalue weighted by atomic mass is 19.1. The number of H-pyrrole nitrogens is 1. The lowest BCUT2D eigenvalue weighted by molar-refractivity contribution is -0.130. The van der Waals surface area contributed by atoms with Crippen molar-refractivity contribution in [2.24, 2.45) is 7.05 Å². The van der Waals surface area contributed by atoms with Crippen molar-refractivity contribution in [3.63, 3.8) is 0 Å². The number of carbonyl (C=O) groups is 1. The number of likely N-dealkylation sites (tertiary alicyclic amines) is 1. The van der Waals surface area contributed by atoms with Crippen LogP contribution in [0.5, 0.6) is 0 Å². The number of rotatable bonds is 3. The lowest BCUT2D eigenvalue weighted by Crippen LogP contribution is -2.54. The first-order valence-corrected chi connectivity index (χ1v) is 9.38. The van der Waals surface area contributed by atoms with E-state index in [-0.39, 0.29) is 30.7 Å². The van der Waals surface area contributed by atoms with Crippen LogP contribution in [0.25, 0.3) is 11.0 Å². The Hall–Kier alpha value is -3.81. The van der Waals surface area contributed by atoms with E-state index in [2.05, 4.69) is 54.1 Å². The van der Waals surface area contributed by atoms with E-state index in [9.17, 15) is 9.18 Å². The SMILES string of the molecule is C=CC(=O)N1C[C@H](Nc2ncnc3[nH]cc(C#Cc4nnn(C)n4)c23)[C@@H](F)C[C@@H]1C. The van der Waals surface area contributed by atoms with Crippen LogP contribution in [0.4, 0.5) is 10.2 Å². The molecule has 10 nitrogen and oxygen atoms in total. The zero-order valence-electron chi connectivity index (χ0n) is 16.5. The van der Waals surface area contributed by atoms with E-state index in [4.69, 9.17) is 0 Å². The van der Waals surface area contributed by atoms with E-state index in [1.54, 1.807) is 18.1 Å². The fraction of sp³-hybridized carbons (Fsp3) is 0.368. The number of hydrogen-bond donors (Lipinski definition) is 2. The molecular formula is C19H20FN9O. The van der Waals surface area contributed by atoms with Crippen LogP contribution in [0, 0.1) is 11.8 Å². The Balaban J connectivity index is 1.64. The van der Waals surface area contributed by atoms with Gasteiger partial charge in [-0.25, -0.2) is 14.4 Å². The maximum Gasteiger partial charge on any atom is 0.248 e. The van der Waals surface area contributed by atoms with E-state index in [0.717, 1.165) is 0 Å². The maximum atomic E-state index is 14.8. The van der Waals surface area contributed by atoms with Crippen molar-refractivity contribution >= 4 is 22.8 Å². The molecule has 1 aliphatic rings. The first-order chi connectivity index (χ1) is 14.5. The Labute approximate surface area is 171 Å². The molecule has 0 aromatic carbocycles. The molecule has 154 valence electrons. The number of tetrazole rings is 1. The van der Waals surface area contributed by atoms with Crippen LogP contribution in [-0.2, 0) is 11.8 Å². The quantitative estimate of drug-likeness (QED) is 0.485. The topological polar surface area (TPSA) is 118 Å². The highest BCUT2D eigenvalue weighted by molar-refractivity contribution is 5.93. The number of alkyl halides is 1. The molecule has 11 heteroatoms. The molecule has 2 N–H and O–H groups in total. The standard InChI is InChI=1S/C19H20FN9O/c1-4-16(30)29-9-14(13(20)7-11(29)2)24-19-17-12(8-21-18(17)22-10-23-19)5-6-15-25-27-28(3)26-15/h4,8,10-11,13-14H,1,7,9H2,2-3H3,(H2,21,22,23,24)/t11-,13-,14-/m0/s1. The molecule has 1 fully saturated rings. The Kier molecular flexibility index (Phi) is 5.14. The van der Waals surface area contributed by atoms with Crippen molar-refractivity contribution < 1.29 is 9.18 Å². The predicted molar refractivity (Wildman–Crippen MR) is 107 cm³/mol. The van der Waals surface area contributed by atoms with Gasteiger partial charge in [0.05, 0.1) is 24.0 Å². The van der Waals surface area contributed by atoms with Gasteiger partial charge in [-0.15, -0.1) is 5.10 Å². The molecule has 3 aromatic heterocycles. The van der Waals surface area contributed by atoms with Gasteiger partial charge in [0, 0.05) is 25.2 Å². The van der Waals surface area contributed by atoms with Crippen molar-refractivity contribution in [2.75, 3.05) is 11.9 Å². The van der Waals surface area contributed by atoms with Crippen LogP contribution >= 0.6 is 0 Å². The molecule has 0 bridgehead atoms. The van der Waals surface area contributed by atoms with Crippen molar-refractivity contribution in [1.29, 1.82) is 0 Å². The van der Waals surface area contributed by atoms with Crippen LogP contribution in [0.1, 0.15) is 24.7 Å². The number of fused-ring (bicyclic) bond motifs is 1. The average molecular weight is 409 g/mol. The summed E-state index contributed by atoms with van der Waals surface area (Å²) in [6, 6.07) is -0.831. The summed E-state index contributed by atoms with van der Waals surface area (Å²) in [5.74, 6) is 6.31. The van der Waals surface area contributed by atoms with E-state index in [1.165, 1.54) is 17.2 Å². The molecule has 1 saturated heterocycles. The second-order valence-electron chi connectivity index (χ2n) is 7.05. The molecule has 0 unspecified atom stereocenters. The third-order valence-corrected chi connectivity index (χ3v) is 5.00. The molecule has 1 amide bonds. The van der Waals surface area contributed by atoms with Crippen LogP contribution < -0.4 is 5.32 Å². The largest absolute Gasteiger partial charge is 0.362 e. The van der Waals surface area contributed by atoms with Crippen molar-refractivity contribution in [3.05, 3.63) is 36.6 Å². The van der Waals surface area contributed by atoms with Gasteiger partial charge in [0.1, 0.15) is 24.0 Å². The zero-order chi connectivity index (χ0) is 21.3. The number of aromatic nitrogens is 7. The second-order valence-corrected chi connectivity index (χ2v) is 7.05. The zero-order valence-corrected chi connectivity index (χ0v) is 16.5. The Morgan fingerprint density at radius 1 is 1.43 bits per heavy atom. The first kappa shape index (κ1) is 19.5. The van der Waals surface area contributed by atoms with Crippen LogP contribution in [-0.4, -0.2) is 70.8 Å². The number of aryl methyl sites for hydroxylation is 1. The van der Waals surface area contributed by atoms with Crippen LogP contribution in [0.3, 0.4) is 0 Å². The summed E-state index contributed by atoms with van der Waals surface area (Å²) >= 11 is 0. The molecular weight excluding hydrogens is 389 g/mol. The smallest absolute Gasteiger partial charge is 0.248 e. The minimum absolute atomic E-state index is 0.202. The van der Waals surface area contributed by atoms with Crippen molar-refractivity contribution in [1.82, 2.24) is 40.1 Å².